The summed E-state index contributed by atoms with van der Waals surface area (Å²) in [5.41, 5.74) is 1.38. The first-order valence-corrected chi connectivity index (χ1v) is 9.27. The molecule has 0 aromatic heterocycles. The Kier molecular flexibility index (Phi) is 7.66. The van der Waals surface area contributed by atoms with Gasteiger partial charge in [-0.25, -0.2) is 4.79 Å². The number of rotatable bonds is 8. The van der Waals surface area contributed by atoms with Crippen LogP contribution < -0.4 is 10.1 Å². The average Bonchev–Trinajstić information content (AvgIpc) is 2.66. The maximum absolute atomic E-state index is 12.1. The van der Waals surface area contributed by atoms with Crippen LogP contribution >= 0.6 is 15.9 Å². The Labute approximate surface area is 161 Å². The monoisotopic (exact) mass is 419 g/mol. The minimum absolute atomic E-state index is 0.125. The van der Waals surface area contributed by atoms with E-state index >= 15 is 0 Å². The van der Waals surface area contributed by atoms with Crippen LogP contribution in [0.25, 0.3) is 0 Å². The molecule has 0 fully saturated rings. The molecule has 2 aromatic rings. The molecule has 0 heterocycles. The number of nitrogens with one attached hydrogen (secondary N) is 1. The predicted octanol–water partition coefficient (Wildman–Crippen LogP) is 4.27. The van der Waals surface area contributed by atoms with Crippen molar-refractivity contribution in [3.8, 4) is 5.75 Å². The van der Waals surface area contributed by atoms with Gasteiger partial charge in [0.05, 0.1) is 18.2 Å². The molecule has 1 atom stereocenters. The standard InChI is InChI=1S/C20H22BrNO4/c1-3-18(14-5-9-16(21)10-6-14)22-19(23)13-26-20(24)15-7-11-17(12-8-15)25-4-2/h5-12,18H,3-4,13H2,1-2H3,(H,22,23)/t18-/m1/s1. The zero-order valence-electron chi connectivity index (χ0n) is 14.8. The maximum Gasteiger partial charge on any atom is 0.338 e. The third-order valence-corrected chi connectivity index (χ3v) is 4.28. The van der Waals surface area contributed by atoms with Crippen LogP contribution in [0.1, 0.15) is 42.2 Å². The smallest absolute Gasteiger partial charge is 0.338 e. The molecule has 5 nitrogen and oxygen atoms in total. The molecular formula is C20H22BrNO4. The fraction of sp³-hybridized carbons (Fsp3) is 0.300. The Balaban J connectivity index is 1.86. The molecule has 26 heavy (non-hydrogen) atoms. The van der Waals surface area contributed by atoms with Gasteiger partial charge in [-0.1, -0.05) is 35.0 Å². The summed E-state index contributed by atoms with van der Waals surface area (Å²) in [4.78, 5) is 24.1. The lowest BCUT2D eigenvalue weighted by Gasteiger charge is -2.17. The van der Waals surface area contributed by atoms with Crippen molar-refractivity contribution in [2.75, 3.05) is 13.2 Å². The molecule has 0 aliphatic heterocycles. The van der Waals surface area contributed by atoms with Gasteiger partial charge in [-0.05, 0) is 55.3 Å². The molecule has 2 rings (SSSR count). The zero-order chi connectivity index (χ0) is 18.9. The molecule has 1 amide bonds. The third kappa shape index (κ3) is 5.88. The van der Waals surface area contributed by atoms with Crippen LogP contribution in [0.4, 0.5) is 0 Å². The highest BCUT2D eigenvalue weighted by atomic mass is 79.9. The summed E-state index contributed by atoms with van der Waals surface area (Å²) in [7, 11) is 0. The molecule has 0 bridgehead atoms. The highest BCUT2D eigenvalue weighted by molar-refractivity contribution is 9.10. The van der Waals surface area contributed by atoms with Crippen LogP contribution in [-0.2, 0) is 9.53 Å². The van der Waals surface area contributed by atoms with Crippen molar-refractivity contribution in [3.63, 3.8) is 0 Å². The van der Waals surface area contributed by atoms with Crippen molar-refractivity contribution in [1.29, 1.82) is 0 Å². The van der Waals surface area contributed by atoms with Gasteiger partial charge in [-0.3, -0.25) is 4.79 Å². The number of benzene rings is 2. The number of amides is 1. The van der Waals surface area contributed by atoms with E-state index in [2.05, 4.69) is 21.2 Å². The number of carbonyl (C=O) groups excluding carboxylic acids is 2. The summed E-state index contributed by atoms with van der Waals surface area (Å²) >= 11 is 3.39. The van der Waals surface area contributed by atoms with E-state index in [4.69, 9.17) is 9.47 Å². The van der Waals surface area contributed by atoms with Gasteiger partial charge in [0, 0.05) is 4.47 Å². The van der Waals surface area contributed by atoms with Gasteiger partial charge in [0.15, 0.2) is 6.61 Å². The molecular weight excluding hydrogens is 398 g/mol. The van der Waals surface area contributed by atoms with Crippen LogP contribution in [0.3, 0.4) is 0 Å². The molecule has 0 spiro atoms. The molecule has 0 saturated carbocycles. The van der Waals surface area contributed by atoms with Gasteiger partial charge in [-0.15, -0.1) is 0 Å². The van der Waals surface area contributed by atoms with Crippen LogP contribution in [-0.4, -0.2) is 25.1 Å². The Morgan fingerprint density at radius 1 is 1.04 bits per heavy atom. The van der Waals surface area contributed by atoms with E-state index < -0.39 is 5.97 Å². The Hall–Kier alpha value is -2.34. The van der Waals surface area contributed by atoms with Crippen molar-refractivity contribution >= 4 is 27.8 Å². The fourth-order valence-corrected chi connectivity index (χ4v) is 2.68. The number of halogens is 1. The van der Waals surface area contributed by atoms with E-state index in [0.717, 1.165) is 16.5 Å². The number of hydrogen-bond acceptors (Lipinski definition) is 4. The molecule has 0 saturated heterocycles. The van der Waals surface area contributed by atoms with Gasteiger partial charge >= 0.3 is 5.97 Å². The van der Waals surface area contributed by atoms with E-state index in [0.29, 0.717) is 17.9 Å². The topological polar surface area (TPSA) is 64.6 Å². The lowest BCUT2D eigenvalue weighted by molar-refractivity contribution is -0.125. The fourth-order valence-electron chi connectivity index (χ4n) is 2.42. The van der Waals surface area contributed by atoms with Crippen molar-refractivity contribution in [3.05, 3.63) is 64.1 Å². The third-order valence-electron chi connectivity index (χ3n) is 3.75. The Bertz CT molecular complexity index is 728. The van der Waals surface area contributed by atoms with Crippen LogP contribution in [0.15, 0.2) is 53.0 Å². The molecule has 2 aromatic carbocycles. The summed E-state index contributed by atoms with van der Waals surface area (Å²) in [6.45, 7) is 4.11. The average molecular weight is 420 g/mol. The van der Waals surface area contributed by atoms with E-state index in [-0.39, 0.29) is 18.6 Å². The molecule has 1 N–H and O–H groups in total. The molecule has 0 aliphatic rings. The first-order chi connectivity index (χ1) is 12.5. The Morgan fingerprint density at radius 2 is 1.69 bits per heavy atom. The number of carbonyl (C=O) groups is 2. The normalized spacial score (nSPS) is 11.5. The molecule has 138 valence electrons. The summed E-state index contributed by atoms with van der Waals surface area (Å²) < 4.78 is 11.4. The van der Waals surface area contributed by atoms with Gasteiger partial charge in [0.2, 0.25) is 0 Å². The predicted molar refractivity (Wildman–Crippen MR) is 103 cm³/mol. The van der Waals surface area contributed by atoms with Gasteiger partial charge in [-0.2, -0.15) is 0 Å². The quantitative estimate of drug-likeness (QED) is 0.648. The van der Waals surface area contributed by atoms with Crippen molar-refractivity contribution in [2.45, 2.75) is 26.3 Å². The van der Waals surface area contributed by atoms with Crippen molar-refractivity contribution < 1.29 is 19.1 Å². The molecule has 0 radical (unpaired) electrons. The summed E-state index contributed by atoms with van der Waals surface area (Å²) in [5.74, 6) is -0.193. The van der Waals surface area contributed by atoms with Crippen molar-refractivity contribution in [2.24, 2.45) is 0 Å². The van der Waals surface area contributed by atoms with E-state index in [1.807, 2.05) is 38.1 Å². The van der Waals surface area contributed by atoms with Crippen LogP contribution in [0.2, 0.25) is 0 Å². The maximum atomic E-state index is 12.1. The largest absolute Gasteiger partial charge is 0.494 e. The van der Waals surface area contributed by atoms with Crippen molar-refractivity contribution in [1.82, 2.24) is 5.32 Å². The first kappa shape index (κ1) is 20.0. The van der Waals surface area contributed by atoms with E-state index in [1.165, 1.54) is 0 Å². The second-order valence-electron chi connectivity index (χ2n) is 5.61. The van der Waals surface area contributed by atoms with Gasteiger partial charge in [0.1, 0.15) is 5.75 Å². The zero-order valence-corrected chi connectivity index (χ0v) is 16.4. The van der Waals surface area contributed by atoms with Gasteiger partial charge < -0.3 is 14.8 Å². The SMILES string of the molecule is CCOc1ccc(C(=O)OCC(=O)N[C@H](CC)c2ccc(Br)cc2)cc1. The lowest BCUT2D eigenvalue weighted by atomic mass is 10.0. The van der Waals surface area contributed by atoms with E-state index in [9.17, 15) is 9.59 Å². The molecule has 0 aliphatic carbocycles. The summed E-state index contributed by atoms with van der Waals surface area (Å²) in [6.07, 6.45) is 0.736. The second kappa shape index (κ2) is 9.97. The highest BCUT2D eigenvalue weighted by Crippen LogP contribution is 2.19. The van der Waals surface area contributed by atoms with Crippen LogP contribution in [0.5, 0.6) is 5.75 Å². The lowest BCUT2D eigenvalue weighted by Crippen LogP contribution is -2.32. The number of esters is 1. The first-order valence-electron chi connectivity index (χ1n) is 8.48. The summed E-state index contributed by atoms with van der Waals surface area (Å²) in [5, 5.41) is 2.88. The highest BCUT2D eigenvalue weighted by Gasteiger charge is 2.15. The van der Waals surface area contributed by atoms with Gasteiger partial charge in [0.25, 0.3) is 5.91 Å². The molecule has 0 unspecified atom stereocenters. The molecule has 6 heteroatoms. The van der Waals surface area contributed by atoms with E-state index in [1.54, 1.807) is 24.3 Å². The van der Waals surface area contributed by atoms with Crippen LogP contribution in [0, 0.1) is 0 Å². The Morgan fingerprint density at radius 3 is 2.27 bits per heavy atom. The second-order valence-corrected chi connectivity index (χ2v) is 6.53. The number of ether oxygens (including phenoxy) is 2. The summed E-state index contributed by atoms with van der Waals surface area (Å²) in [6, 6.07) is 14.2. The minimum Gasteiger partial charge on any atom is -0.494 e. The minimum atomic E-state index is -0.542. The number of hydrogen-bond donors (Lipinski definition) is 1.